The molecule has 1 saturated heterocycles. The maximum Gasteiger partial charge on any atom is 0.227 e. The molecule has 1 aromatic rings. The summed E-state index contributed by atoms with van der Waals surface area (Å²) in [6, 6.07) is 8.13. The lowest BCUT2D eigenvalue weighted by Crippen LogP contribution is -2.35. The molecule has 0 radical (unpaired) electrons. The molecule has 2 N–H and O–H groups in total. The number of carbonyl (C=O) groups excluding carboxylic acids is 1. The zero-order valence-electron chi connectivity index (χ0n) is 14.6. The number of nitrogens with one attached hydrogen (secondary N) is 1. The molecule has 1 amide bonds. The minimum atomic E-state index is -0.796. The van der Waals surface area contributed by atoms with Gasteiger partial charge in [-0.05, 0) is 62.9 Å². The van der Waals surface area contributed by atoms with Crippen molar-refractivity contribution in [3.8, 4) is 0 Å². The van der Waals surface area contributed by atoms with Gasteiger partial charge in [-0.25, -0.2) is 0 Å². The molecule has 3 rings (SSSR count). The van der Waals surface area contributed by atoms with Crippen molar-refractivity contribution >= 4 is 11.6 Å². The third-order valence-corrected chi connectivity index (χ3v) is 5.40. The molecule has 0 atom stereocenters. The fourth-order valence-electron chi connectivity index (χ4n) is 3.99. The molecule has 2 fully saturated rings. The Morgan fingerprint density at radius 2 is 1.88 bits per heavy atom. The first-order valence-electron chi connectivity index (χ1n) is 9.47. The van der Waals surface area contributed by atoms with Crippen LogP contribution in [0.25, 0.3) is 0 Å². The van der Waals surface area contributed by atoms with E-state index in [0.29, 0.717) is 0 Å². The summed E-state index contributed by atoms with van der Waals surface area (Å²) in [4.78, 5) is 14.8. The lowest BCUT2D eigenvalue weighted by atomic mass is 9.82. The maximum atomic E-state index is 12.3. The average Bonchev–Trinajstić information content (AvgIpc) is 3.07. The number of rotatable bonds is 6. The van der Waals surface area contributed by atoms with Crippen LogP contribution >= 0.6 is 0 Å². The van der Waals surface area contributed by atoms with Crippen LogP contribution in [0.3, 0.4) is 0 Å². The molecule has 24 heavy (non-hydrogen) atoms. The normalized spacial score (nSPS) is 20.9. The summed E-state index contributed by atoms with van der Waals surface area (Å²) in [5, 5.41) is 13.5. The van der Waals surface area contributed by atoms with Crippen molar-refractivity contribution in [1.29, 1.82) is 0 Å². The lowest BCUT2D eigenvalue weighted by Gasteiger charge is -2.31. The van der Waals surface area contributed by atoms with Crippen LogP contribution in [0, 0.1) is 0 Å². The maximum absolute atomic E-state index is 12.3. The quantitative estimate of drug-likeness (QED) is 0.841. The zero-order chi connectivity index (χ0) is 16.8. The molecule has 1 aliphatic carbocycles. The summed E-state index contributed by atoms with van der Waals surface area (Å²) in [6.45, 7) is 3.53. The summed E-state index contributed by atoms with van der Waals surface area (Å²) < 4.78 is 0. The van der Waals surface area contributed by atoms with E-state index in [4.69, 9.17) is 0 Å². The van der Waals surface area contributed by atoms with Crippen LogP contribution in [-0.2, 0) is 11.2 Å². The van der Waals surface area contributed by atoms with Gasteiger partial charge < -0.3 is 15.3 Å². The minimum Gasteiger partial charge on any atom is -0.389 e. The van der Waals surface area contributed by atoms with Gasteiger partial charge in [0.15, 0.2) is 0 Å². The van der Waals surface area contributed by atoms with Crippen molar-refractivity contribution < 1.29 is 9.90 Å². The minimum absolute atomic E-state index is 0.0731. The van der Waals surface area contributed by atoms with Gasteiger partial charge in [-0.2, -0.15) is 0 Å². The zero-order valence-corrected chi connectivity index (χ0v) is 14.6. The predicted molar refractivity (Wildman–Crippen MR) is 97.1 cm³/mol. The predicted octanol–water partition coefficient (Wildman–Crippen LogP) is 3.35. The number of hydrogen-bond acceptors (Lipinski definition) is 3. The van der Waals surface area contributed by atoms with Gasteiger partial charge in [0.05, 0.1) is 12.0 Å². The first kappa shape index (κ1) is 17.4. The molecule has 0 unspecified atom stereocenters. The highest BCUT2D eigenvalue weighted by Gasteiger charge is 2.31. The van der Waals surface area contributed by atoms with Crippen molar-refractivity contribution in [2.24, 2.45) is 0 Å². The van der Waals surface area contributed by atoms with E-state index in [1.165, 1.54) is 37.9 Å². The van der Waals surface area contributed by atoms with Crippen molar-refractivity contribution in [2.45, 2.75) is 63.4 Å². The van der Waals surface area contributed by atoms with Gasteiger partial charge in [0, 0.05) is 12.2 Å². The summed E-state index contributed by atoms with van der Waals surface area (Å²) in [6.07, 6.45) is 8.58. The first-order chi connectivity index (χ1) is 11.6. The SMILES string of the molecule is O=C(CC1(O)CCCCC1)Nc1cccc(CCN2CCCC2)c1. The number of benzene rings is 1. The third-order valence-electron chi connectivity index (χ3n) is 5.40. The Morgan fingerprint density at radius 1 is 1.12 bits per heavy atom. The molecule has 1 aromatic carbocycles. The van der Waals surface area contributed by atoms with Crippen molar-refractivity contribution in [3.05, 3.63) is 29.8 Å². The fraction of sp³-hybridized carbons (Fsp3) is 0.650. The molecule has 2 aliphatic rings. The Balaban J connectivity index is 1.50. The largest absolute Gasteiger partial charge is 0.389 e. The Labute approximate surface area is 145 Å². The lowest BCUT2D eigenvalue weighted by molar-refractivity contribution is -0.122. The van der Waals surface area contributed by atoms with E-state index in [0.717, 1.165) is 44.3 Å². The second-order valence-corrected chi connectivity index (χ2v) is 7.51. The molecule has 0 aromatic heterocycles. The van der Waals surface area contributed by atoms with Crippen molar-refractivity contribution in [1.82, 2.24) is 4.90 Å². The molecular weight excluding hydrogens is 300 g/mol. The van der Waals surface area contributed by atoms with Crippen molar-refractivity contribution in [2.75, 3.05) is 25.0 Å². The van der Waals surface area contributed by atoms with E-state index in [2.05, 4.69) is 22.3 Å². The van der Waals surface area contributed by atoms with E-state index in [1.807, 2.05) is 12.1 Å². The first-order valence-corrected chi connectivity index (χ1v) is 9.47. The highest BCUT2D eigenvalue weighted by atomic mass is 16.3. The number of likely N-dealkylation sites (tertiary alicyclic amines) is 1. The van der Waals surface area contributed by atoms with Crippen LogP contribution in [-0.4, -0.2) is 41.1 Å². The van der Waals surface area contributed by atoms with Gasteiger partial charge in [0.2, 0.25) is 5.91 Å². The average molecular weight is 330 g/mol. The van der Waals surface area contributed by atoms with Crippen LogP contribution in [0.1, 0.15) is 56.9 Å². The molecule has 1 aliphatic heterocycles. The van der Waals surface area contributed by atoms with E-state index >= 15 is 0 Å². The van der Waals surface area contributed by atoms with E-state index in [1.54, 1.807) is 0 Å². The number of amides is 1. The Hall–Kier alpha value is -1.39. The number of anilines is 1. The van der Waals surface area contributed by atoms with E-state index in [-0.39, 0.29) is 12.3 Å². The molecule has 132 valence electrons. The number of nitrogens with zero attached hydrogens (tertiary/aromatic N) is 1. The molecule has 0 bridgehead atoms. The summed E-state index contributed by atoms with van der Waals surface area (Å²) >= 11 is 0. The van der Waals surface area contributed by atoms with Crippen LogP contribution < -0.4 is 5.32 Å². The fourth-order valence-corrected chi connectivity index (χ4v) is 3.99. The van der Waals surface area contributed by atoms with E-state index in [9.17, 15) is 9.90 Å². The van der Waals surface area contributed by atoms with Crippen LogP contribution in [0.2, 0.25) is 0 Å². The van der Waals surface area contributed by atoms with Gasteiger partial charge in [0.1, 0.15) is 0 Å². The van der Waals surface area contributed by atoms with Gasteiger partial charge in [-0.1, -0.05) is 31.4 Å². The van der Waals surface area contributed by atoms with Gasteiger partial charge in [0.25, 0.3) is 0 Å². The van der Waals surface area contributed by atoms with Crippen LogP contribution in [0.4, 0.5) is 5.69 Å². The monoisotopic (exact) mass is 330 g/mol. The standard InChI is InChI=1S/C20H30N2O2/c23-19(16-20(24)10-2-1-3-11-20)21-18-8-6-7-17(15-18)9-14-22-12-4-5-13-22/h6-8,15,24H,1-5,9-14,16H2,(H,21,23). The van der Waals surface area contributed by atoms with Gasteiger partial charge in [-0.3, -0.25) is 4.79 Å². The number of carbonyl (C=O) groups is 1. The molecular formula is C20H30N2O2. The van der Waals surface area contributed by atoms with E-state index < -0.39 is 5.60 Å². The molecule has 4 heteroatoms. The molecule has 0 spiro atoms. The summed E-state index contributed by atoms with van der Waals surface area (Å²) in [7, 11) is 0. The Morgan fingerprint density at radius 3 is 2.62 bits per heavy atom. The number of aliphatic hydroxyl groups is 1. The second kappa shape index (κ2) is 8.13. The number of hydrogen-bond donors (Lipinski definition) is 2. The molecule has 1 heterocycles. The highest BCUT2D eigenvalue weighted by Crippen LogP contribution is 2.31. The Bertz CT molecular complexity index is 546. The van der Waals surface area contributed by atoms with Gasteiger partial charge in [-0.15, -0.1) is 0 Å². The van der Waals surface area contributed by atoms with Crippen LogP contribution in [0.5, 0.6) is 0 Å². The molecule has 4 nitrogen and oxygen atoms in total. The van der Waals surface area contributed by atoms with Crippen molar-refractivity contribution in [3.63, 3.8) is 0 Å². The Kier molecular flexibility index (Phi) is 5.90. The summed E-state index contributed by atoms with van der Waals surface area (Å²) in [5.41, 5.74) is 1.31. The smallest absolute Gasteiger partial charge is 0.227 e. The third kappa shape index (κ3) is 5.05. The highest BCUT2D eigenvalue weighted by molar-refractivity contribution is 5.91. The topological polar surface area (TPSA) is 52.6 Å². The van der Waals surface area contributed by atoms with Gasteiger partial charge >= 0.3 is 0 Å². The van der Waals surface area contributed by atoms with Crippen LogP contribution in [0.15, 0.2) is 24.3 Å². The second-order valence-electron chi connectivity index (χ2n) is 7.51. The molecule has 1 saturated carbocycles. The summed E-state index contributed by atoms with van der Waals surface area (Å²) in [5.74, 6) is -0.0731.